The number of rotatable bonds is 5. The number of aromatic nitrogens is 1. The van der Waals surface area contributed by atoms with E-state index in [2.05, 4.69) is 10.3 Å². The summed E-state index contributed by atoms with van der Waals surface area (Å²) in [6, 6.07) is -0.466. The van der Waals surface area contributed by atoms with Crippen molar-refractivity contribution in [3.05, 3.63) is 17.3 Å². The summed E-state index contributed by atoms with van der Waals surface area (Å²) >= 11 is 0. The molecule has 0 saturated heterocycles. The maximum atomic E-state index is 11.6. The van der Waals surface area contributed by atoms with Gasteiger partial charge in [-0.1, -0.05) is 13.8 Å². The first kappa shape index (κ1) is 13.7. The van der Waals surface area contributed by atoms with Crippen molar-refractivity contribution in [3.63, 3.8) is 0 Å². The lowest BCUT2D eigenvalue weighted by Gasteiger charge is -2.13. The molecule has 5 nitrogen and oxygen atoms in total. The predicted octanol–water partition coefficient (Wildman–Crippen LogP) is 1.28. The first-order chi connectivity index (χ1) is 7.90. The zero-order chi connectivity index (χ0) is 13.0. The van der Waals surface area contributed by atoms with Gasteiger partial charge in [0.05, 0.1) is 18.3 Å². The van der Waals surface area contributed by atoms with Crippen molar-refractivity contribution in [2.75, 3.05) is 0 Å². The van der Waals surface area contributed by atoms with Crippen LogP contribution in [0, 0.1) is 19.8 Å². The van der Waals surface area contributed by atoms with Crippen molar-refractivity contribution in [1.82, 2.24) is 10.3 Å². The molecular formula is C12H21N3O2. The van der Waals surface area contributed by atoms with E-state index >= 15 is 0 Å². The molecule has 0 aliphatic carbocycles. The van der Waals surface area contributed by atoms with Gasteiger partial charge in [-0.25, -0.2) is 4.98 Å². The van der Waals surface area contributed by atoms with Crippen LogP contribution >= 0.6 is 0 Å². The average molecular weight is 239 g/mol. The first-order valence-corrected chi connectivity index (χ1v) is 5.86. The SMILES string of the molecule is Cc1nc(CNC(=O)C(N)CC(C)C)oc1C. The van der Waals surface area contributed by atoms with Gasteiger partial charge >= 0.3 is 0 Å². The Labute approximate surface area is 102 Å². The molecule has 96 valence electrons. The molecule has 0 bridgehead atoms. The van der Waals surface area contributed by atoms with E-state index < -0.39 is 6.04 Å². The monoisotopic (exact) mass is 239 g/mol. The van der Waals surface area contributed by atoms with Crippen molar-refractivity contribution in [2.45, 2.75) is 46.7 Å². The Balaban J connectivity index is 2.42. The Morgan fingerprint density at radius 3 is 2.59 bits per heavy atom. The molecule has 0 fully saturated rings. The molecule has 0 aromatic carbocycles. The number of hydrogen-bond acceptors (Lipinski definition) is 4. The molecule has 0 spiro atoms. The van der Waals surface area contributed by atoms with Gasteiger partial charge in [-0.05, 0) is 26.2 Å². The normalized spacial score (nSPS) is 12.8. The number of hydrogen-bond donors (Lipinski definition) is 2. The molecule has 0 saturated carbocycles. The van der Waals surface area contributed by atoms with Crippen molar-refractivity contribution in [2.24, 2.45) is 11.7 Å². The molecule has 1 heterocycles. The van der Waals surface area contributed by atoms with E-state index in [1.807, 2.05) is 27.7 Å². The van der Waals surface area contributed by atoms with Crippen LogP contribution in [0.5, 0.6) is 0 Å². The third-order valence-corrected chi connectivity index (χ3v) is 2.55. The number of carbonyl (C=O) groups excluding carboxylic acids is 1. The van der Waals surface area contributed by atoms with E-state index in [1.54, 1.807) is 0 Å². The van der Waals surface area contributed by atoms with Crippen LogP contribution < -0.4 is 11.1 Å². The Kier molecular flexibility index (Phi) is 4.69. The van der Waals surface area contributed by atoms with Crippen molar-refractivity contribution >= 4 is 5.91 Å². The van der Waals surface area contributed by atoms with Crippen molar-refractivity contribution in [1.29, 1.82) is 0 Å². The summed E-state index contributed by atoms with van der Waals surface area (Å²) < 4.78 is 5.36. The van der Waals surface area contributed by atoms with E-state index in [1.165, 1.54) is 0 Å². The molecule has 17 heavy (non-hydrogen) atoms. The minimum Gasteiger partial charge on any atom is -0.444 e. The molecule has 5 heteroatoms. The van der Waals surface area contributed by atoms with Crippen LogP contribution in [0.2, 0.25) is 0 Å². The average Bonchev–Trinajstić information content (AvgIpc) is 2.54. The van der Waals surface area contributed by atoms with Gasteiger partial charge in [-0.3, -0.25) is 4.79 Å². The molecule has 1 unspecified atom stereocenters. The summed E-state index contributed by atoms with van der Waals surface area (Å²) in [5.41, 5.74) is 6.60. The molecule has 0 radical (unpaired) electrons. The summed E-state index contributed by atoms with van der Waals surface area (Å²) in [7, 11) is 0. The van der Waals surface area contributed by atoms with E-state index in [-0.39, 0.29) is 5.91 Å². The summed E-state index contributed by atoms with van der Waals surface area (Å²) in [6.07, 6.45) is 0.676. The summed E-state index contributed by atoms with van der Waals surface area (Å²) in [6.45, 7) is 8.08. The van der Waals surface area contributed by atoms with Crippen LogP contribution in [0.25, 0.3) is 0 Å². The molecular weight excluding hydrogens is 218 g/mol. The first-order valence-electron chi connectivity index (χ1n) is 5.86. The van der Waals surface area contributed by atoms with Gasteiger partial charge in [-0.2, -0.15) is 0 Å². The van der Waals surface area contributed by atoms with Crippen LogP contribution in [0.15, 0.2) is 4.42 Å². The van der Waals surface area contributed by atoms with E-state index in [9.17, 15) is 4.79 Å². The van der Waals surface area contributed by atoms with Crippen LogP contribution in [0.3, 0.4) is 0 Å². The largest absolute Gasteiger partial charge is 0.444 e. The Morgan fingerprint density at radius 1 is 1.47 bits per heavy atom. The van der Waals surface area contributed by atoms with E-state index in [4.69, 9.17) is 10.2 Å². The zero-order valence-corrected chi connectivity index (χ0v) is 10.9. The highest BCUT2D eigenvalue weighted by Gasteiger charge is 2.15. The molecule has 1 aromatic rings. The Hall–Kier alpha value is -1.36. The van der Waals surface area contributed by atoms with Gasteiger partial charge < -0.3 is 15.5 Å². The quantitative estimate of drug-likeness (QED) is 0.811. The standard InChI is InChI=1S/C12H21N3O2/c1-7(2)5-10(13)12(16)14-6-11-15-8(3)9(4)17-11/h7,10H,5-6,13H2,1-4H3,(H,14,16). The van der Waals surface area contributed by atoms with Gasteiger partial charge in [0.25, 0.3) is 0 Å². The second kappa shape index (κ2) is 5.82. The second-order valence-corrected chi connectivity index (χ2v) is 4.70. The molecule has 0 aliphatic rings. The number of nitrogens with one attached hydrogen (secondary N) is 1. The molecule has 1 aromatic heterocycles. The number of nitrogens with two attached hydrogens (primary N) is 1. The number of amides is 1. The fourth-order valence-electron chi connectivity index (χ4n) is 1.52. The fourth-order valence-corrected chi connectivity index (χ4v) is 1.52. The molecule has 3 N–H and O–H groups in total. The van der Waals surface area contributed by atoms with Crippen molar-refractivity contribution in [3.8, 4) is 0 Å². The van der Waals surface area contributed by atoms with Gasteiger partial charge in [0.2, 0.25) is 11.8 Å². The fraction of sp³-hybridized carbons (Fsp3) is 0.667. The van der Waals surface area contributed by atoms with Crippen LogP contribution in [-0.4, -0.2) is 16.9 Å². The summed E-state index contributed by atoms with van der Waals surface area (Å²) in [5, 5.41) is 2.72. The maximum absolute atomic E-state index is 11.6. The second-order valence-electron chi connectivity index (χ2n) is 4.70. The lowest BCUT2D eigenvalue weighted by Crippen LogP contribution is -2.41. The number of aryl methyl sites for hydroxylation is 2. The highest BCUT2D eigenvalue weighted by molar-refractivity contribution is 5.81. The molecule has 1 amide bonds. The Bertz CT molecular complexity index is 366. The van der Waals surface area contributed by atoms with Gasteiger partial charge in [-0.15, -0.1) is 0 Å². The molecule has 1 rings (SSSR count). The molecule has 0 aliphatic heterocycles. The third-order valence-electron chi connectivity index (χ3n) is 2.55. The molecule has 1 atom stereocenters. The maximum Gasteiger partial charge on any atom is 0.237 e. The minimum absolute atomic E-state index is 0.160. The summed E-state index contributed by atoms with van der Waals surface area (Å²) in [4.78, 5) is 15.8. The topological polar surface area (TPSA) is 81.2 Å². The van der Waals surface area contributed by atoms with Crippen molar-refractivity contribution < 1.29 is 9.21 Å². The van der Waals surface area contributed by atoms with Crippen LogP contribution in [0.1, 0.15) is 37.6 Å². The van der Waals surface area contributed by atoms with E-state index in [0.717, 1.165) is 11.5 Å². The minimum atomic E-state index is -0.466. The zero-order valence-electron chi connectivity index (χ0n) is 10.9. The highest BCUT2D eigenvalue weighted by Crippen LogP contribution is 2.08. The van der Waals surface area contributed by atoms with Gasteiger partial charge in [0.15, 0.2) is 0 Å². The number of nitrogens with zero attached hydrogens (tertiary/aromatic N) is 1. The van der Waals surface area contributed by atoms with E-state index in [0.29, 0.717) is 24.8 Å². The summed E-state index contributed by atoms with van der Waals surface area (Å²) in [5.74, 6) is 1.54. The van der Waals surface area contributed by atoms with Crippen LogP contribution in [0.4, 0.5) is 0 Å². The lowest BCUT2D eigenvalue weighted by atomic mass is 10.0. The van der Waals surface area contributed by atoms with Gasteiger partial charge in [0.1, 0.15) is 5.76 Å². The predicted molar refractivity (Wildman–Crippen MR) is 65.3 cm³/mol. The van der Waals surface area contributed by atoms with Crippen LogP contribution in [-0.2, 0) is 11.3 Å². The number of carbonyl (C=O) groups is 1. The smallest absolute Gasteiger partial charge is 0.237 e. The third kappa shape index (κ3) is 4.19. The van der Waals surface area contributed by atoms with Gasteiger partial charge in [0, 0.05) is 0 Å². The lowest BCUT2D eigenvalue weighted by molar-refractivity contribution is -0.122. The number of oxazole rings is 1. The Morgan fingerprint density at radius 2 is 2.12 bits per heavy atom. The highest BCUT2D eigenvalue weighted by atomic mass is 16.4.